The van der Waals surface area contributed by atoms with E-state index in [4.69, 9.17) is 15.2 Å². The number of primary amides is 1. The molecule has 0 bridgehead atoms. The summed E-state index contributed by atoms with van der Waals surface area (Å²) in [5.74, 6) is 0.747. The van der Waals surface area contributed by atoms with Crippen molar-refractivity contribution in [3.8, 4) is 17.6 Å². The van der Waals surface area contributed by atoms with Crippen molar-refractivity contribution in [3.63, 3.8) is 0 Å². The molecular formula is C27H24N2O4. The van der Waals surface area contributed by atoms with Crippen molar-refractivity contribution in [2.45, 2.75) is 38.9 Å². The molecule has 0 saturated heterocycles. The van der Waals surface area contributed by atoms with E-state index in [1.165, 1.54) is 0 Å². The topological polar surface area (TPSA) is 102 Å². The monoisotopic (exact) mass is 440 g/mol. The van der Waals surface area contributed by atoms with Gasteiger partial charge in [-0.05, 0) is 53.4 Å². The Morgan fingerprint density at radius 2 is 1.94 bits per heavy atom. The van der Waals surface area contributed by atoms with Crippen molar-refractivity contribution in [1.82, 2.24) is 0 Å². The highest BCUT2D eigenvalue weighted by Gasteiger charge is 2.32. The zero-order chi connectivity index (χ0) is 23.5. The average molecular weight is 440 g/mol. The molecule has 0 spiro atoms. The van der Waals surface area contributed by atoms with Crippen LogP contribution in [0.15, 0.2) is 60.7 Å². The molecule has 3 aromatic rings. The molecule has 1 aliphatic heterocycles. The molecule has 1 unspecified atom stereocenters. The van der Waals surface area contributed by atoms with Crippen LogP contribution in [0.1, 0.15) is 75.3 Å². The summed E-state index contributed by atoms with van der Waals surface area (Å²) >= 11 is 0. The number of carbonyl (C=O) groups excluding carboxylic acids is 2. The number of hydrogen-bond donors (Lipinski definition) is 1. The molecule has 1 atom stereocenters. The van der Waals surface area contributed by atoms with Crippen LogP contribution < -0.4 is 15.2 Å². The number of nitrogens with zero attached hydrogens (tertiary/aromatic N) is 1. The summed E-state index contributed by atoms with van der Waals surface area (Å²) in [6.07, 6.45) is -0.251. The van der Waals surface area contributed by atoms with Gasteiger partial charge in [0.25, 0.3) is 0 Å². The van der Waals surface area contributed by atoms with Gasteiger partial charge in [0, 0.05) is 11.1 Å². The Balaban J connectivity index is 1.64. The van der Waals surface area contributed by atoms with Crippen LogP contribution in [0, 0.1) is 11.3 Å². The molecule has 0 radical (unpaired) electrons. The molecule has 1 heterocycles. The maximum absolute atomic E-state index is 13.0. The lowest BCUT2D eigenvalue weighted by molar-refractivity contribution is 0.0845. The summed E-state index contributed by atoms with van der Waals surface area (Å²) in [4.78, 5) is 24.2. The molecule has 1 amide bonds. The second kappa shape index (κ2) is 9.17. The molecule has 6 heteroatoms. The molecule has 6 nitrogen and oxygen atoms in total. The van der Waals surface area contributed by atoms with Crippen molar-refractivity contribution in [2.24, 2.45) is 5.73 Å². The third kappa shape index (κ3) is 4.58. The normalized spacial score (nSPS) is 14.8. The van der Waals surface area contributed by atoms with Gasteiger partial charge in [0.05, 0.1) is 23.6 Å². The van der Waals surface area contributed by atoms with Crippen LogP contribution in [0.2, 0.25) is 0 Å². The van der Waals surface area contributed by atoms with Crippen molar-refractivity contribution < 1.29 is 19.1 Å². The molecule has 3 aromatic carbocycles. The average Bonchev–Trinajstić information content (AvgIpc) is 2.82. The number of ketones is 1. The molecule has 33 heavy (non-hydrogen) atoms. The van der Waals surface area contributed by atoms with Crippen LogP contribution in [-0.4, -0.2) is 11.7 Å². The molecule has 0 saturated carbocycles. The highest BCUT2D eigenvalue weighted by atomic mass is 16.5. The molecule has 1 aliphatic rings. The van der Waals surface area contributed by atoms with Gasteiger partial charge in [-0.15, -0.1) is 0 Å². The lowest BCUT2D eigenvalue weighted by Crippen LogP contribution is -2.22. The molecular weight excluding hydrogens is 416 g/mol. The van der Waals surface area contributed by atoms with Gasteiger partial charge in [-0.3, -0.25) is 9.59 Å². The number of benzene rings is 3. The lowest BCUT2D eigenvalue weighted by Gasteiger charge is -2.29. The Morgan fingerprint density at radius 1 is 1.18 bits per heavy atom. The van der Waals surface area contributed by atoms with Crippen LogP contribution in [-0.2, 0) is 6.61 Å². The van der Waals surface area contributed by atoms with E-state index in [0.29, 0.717) is 34.8 Å². The minimum Gasteiger partial charge on any atom is -0.488 e. The van der Waals surface area contributed by atoms with Crippen molar-refractivity contribution in [2.75, 3.05) is 0 Å². The zero-order valence-electron chi connectivity index (χ0n) is 18.5. The van der Waals surface area contributed by atoms with E-state index < -0.39 is 12.0 Å². The minimum absolute atomic E-state index is 0.000832. The Kier molecular flexibility index (Phi) is 6.14. The van der Waals surface area contributed by atoms with E-state index in [1.807, 2.05) is 26.0 Å². The smallest absolute Gasteiger partial charge is 0.248 e. The van der Waals surface area contributed by atoms with E-state index >= 15 is 0 Å². The van der Waals surface area contributed by atoms with Crippen molar-refractivity contribution in [3.05, 3.63) is 94.0 Å². The molecule has 0 aliphatic carbocycles. The lowest BCUT2D eigenvalue weighted by atomic mass is 9.90. The van der Waals surface area contributed by atoms with Gasteiger partial charge in [-0.2, -0.15) is 5.26 Å². The Labute approximate surface area is 192 Å². The molecule has 4 rings (SSSR count). The molecule has 166 valence electrons. The molecule has 2 N–H and O–H groups in total. The zero-order valence-corrected chi connectivity index (χ0v) is 18.5. The number of nitrogens with two attached hydrogens (primary N) is 1. The second-order valence-corrected chi connectivity index (χ2v) is 8.33. The summed E-state index contributed by atoms with van der Waals surface area (Å²) in [6, 6.07) is 19.8. The predicted octanol–water partition coefficient (Wildman–Crippen LogP) is 5.07. The summed E-state index contributed by atoms with van der Waals surface area (Å²) in [7, 11) is 0. The third-order valence-corrected chi connectivity index (χ3v) is 5.69. The van der Waals surface area contributed by atoms with Crippen molar-refractivity contribution >= 4 is 11.7 Å². The fourth-order valence-corrected chi connectivity index (χ4v) is 3.98. The van der Waals surface area contributed by atoms with Crippen LogP contribution >= 0.6 is 0 Å². The van der Waals surface area contributed by atoms with Crippen LogP contribution in [0.5, 0.6) is 11.5 Å². The van der Waals surface area contributed by atoms with E-state index in [0.717, 1.165) is 16.7 Å². The fraction of sp³-hybridized carbons (Fsp3) is 0.222. The number of ether oxygens (including phenoxy) is 2. The first-order valence-corrected chi connectivity index (χ1v) is 10.8. The first kappa shape index (κ1) is 22.1. The van der Waals surface area contributed by atoms with Gasteiger partial charge in [0.15, 0.2) is 5.78 Å². The van der Waals surface area contributed by atoms with Gasteiger partial charge >= 0.3 is 0 Å². The summed E-state index contributed by atoms with van der Waals surface area (Å²) < 4.78 is 12.5. The Hall–Kier alpha value is -4.11. The maximum Gasteiger partial charge on any atom is 0.248 e. The summed E-state index contributed by atoms with van der Waals surface area (Å²) in [5.41, 5.74) is 9.32. The second-order valence-electron chi connectivity index (χ2n) is 8.33. The predicted molar refractivity (Wildman–Crippen MR) is 123 cm³/mol. The van der Waals surface area contributed by atoms with Crippen molar-refractivity contribution in [1.29, 1.82) is 5.26 Å². The number of amides is 1. The number of rotatable bonds is 6. The van der Waals surface area contributed by atoms with Gasteiger partial charge < -0.3 is 15.2 Å². The third-order valence-electron chi connectivity index (χ3n) is 5.69. The number of nitriles is 1. The van der Waals surface area contributed by atoms with Gasteiger partial charge in [-0.25, -0.2) is 0 Å². The minimum atomic E-state index is -0.476. The summed E-state index contributed by atoms with van der Waals surface area (Å²) in [6.45, 7) is 4.34. The van der Waals surface area contributed by atoms with E-state index in [1.54, 1.807) is 48.5 Å². The standard InChI is InChI=1S/C27H24N2O4/c1-16(2)25-23(32-15-17-6-8-19(9-7-17)27(29)31)11-10-21-22(30)13-24(33-26(21)25)20-5-3-4-18(12-20)14-28/h3-12,16,24H,13,15H2,1-2H3,(H2,29,31). The van der Waals surface area contributed by atoms with E-state index in [-0.39, 0.29) is 18.1 Å². The number of fused-ring (bicyclic) bond motifs is 1. The van der Waals surface area contributed by atoms with Gasteiger partial charge in [-0.1, -0.05) is 38.1 Å². The Morgan fingerprint density at radius 3 is 2.61 bits per heavy atom. The van der Waals surface area contributed by atoms with Crippen LogP contribution in [0.25, 0.3) is 0 Å². The summed E-state index contributed by atoms with van der Waals surface area (Å²) in [5, 5.41) is 9.22. The van der Waals surface area contributed by atoms with E-state index in [9.17, 15) is 14.9 Å². The van der Waals surface area contributed by atoms with Gasteiger partial charge in [0.1, 0.15) is 24.2 Å². The number of carbonyl (C=O) groups is 2. The SMILES string of the molecule is CC(C)c1c(OCc2ccc(C(N)=O)cc2)ccc2c1OC(c1cccc(C#N)c1)CC2=O. The maximum atomic E-state index is 13.0. The van der Waals surface area contributed by atoms with Gasteiger partial charge in [0.2, 0.25) is 5.91 Å². The molecule has 0 aromatic heterocycles. The highest BCUT2D eigenvalue weighted by molar-refractivity contribution is 6.01. The number of hydrogen-bond acceptors (Lipinski definition) is 5. The number of Topliss-reactive ketones (excluding diaryl/α,β-unsaturated/α-hetero) is 1. The highest BCUT2D eigenvalue weighted by Crippen LogP contribution is 2.44. The van der Waals surface area contributed by atoms with E-state index in [2.05, 4.69) is 6.07 Å². The first-order valence-electron chi connectivity index (χ1n) is 10.8. The van der Waals surface area contributed by atoms with Crippen LogP contribution in [0.4, 0.5) is 0 Å². The van der Waals surface area contributed by atoms with Crippen LogP contribution in [0.3, 0.4) is 0 Å². The first-order chi connectivity index (χ1) is 15.9. The largest absolute Gasteiger partial charge is 0.488 e. The fourth-order valence-electron chi connectivity index (χ4n) is 3.98. The Bertz CT molecular complexity index is 1260. The molecule has 0 fully saturated rings. The quantitative estimate of drug-likeness (QED) is 0.577.